The van der Waals surface area contributed by atoms with Crippen LogP contribution in [0.3, 0.4) is 0 Å². The Morgan fingerprint density at radius 1 is 1.25 bits per heavy atom. The molecule has 2 rings (SSSR count). The van der Waals surface area contributed by atoms with Crippen molar-refractivity contribution in [1.29, 1.82) is 0 Å². The number of hydrogen-bond donors (Lipinski definition) is 0. The highest BCUT2D eigenvalue weighted by Crippen LogP contribution is 2.25. The molecular weight excluding hydrogens is 253 g/mol. The molecule has 0 N–H and O–H groups in total. The van der Waals surface area contributed by atoms with Gasteiger partial charge in [-0.3, -0.25) is 9.29 Å². The Balaban J connectivity index is 1.85. The van der Waals surface area contributed by atoms with Crippen LogP contribution in [0.4, 0.5) is 4.39 Å². The number of nitrogens with zero attached hydrogens (tertiary/aromatic N) is 1. The van der Waals surface area contributed by atoms with Gasteiger partial charge in [0.15, 0.2) is 0 Å². The number of likely N-dealkylation sites (tertiary alicyclic amines) is 1. The van der Waals surface area contributed by atoms with Crippen molar-refractivity contribution in [3.63, 3.8) is 0 Å². The summed E-state index contributed by atoms with van der Waals surface area (Å²) in [5.74, 6) is 0.940. The first kappa shape index (κ1) is 15.3. The van der Waals surface area contributed by atoms with E-state index in [0.717, 1.165) is 31.8 Å². The molecule has 0 saturated carbocycles. The number of benzene rings is 1. The normalized spacial score (nSPS) is 20.3. The van der Waals surface area contributed by atoms with Crippen LogP contribution >= 0.6 is 0 Å². The molecule has 0 spiro atoms. The van der Waals surface area contributed by atoms with Crippen LogP contribution < -0.4 is 4.74 Å². The Labute approximate surface area is 121 Å². The van der Waals surface area contributed by atoms with Crippen LogP contribution in [-0.4, -0.2) is 37.3 Å². The largest absolute Gasteiger partial charge is 0.489 e. The van der Waals surface area contributed by atoms with Gasteiger partial charge in [0.1, 0.15) is 11.9 Å². The van der Waals surface area contributed by atoms with Gasteiger partial charge in [-0.2, -0.15) is 0 Å². The summed E-state index contributed by atoms with van der Waals surface area (Å²) in [6.45, 7) is 9.19. The number of ether oxygens (including phenoxy) is 1. The highest BCUT2D eigenvalue weighted by Gasteiger charge is 2.23. The monoisotopic (exact) mass is 279 g/mol. The van der Waals surface area contributed by atoms with Crippen molar-refractivity contribution >= 4 is 0 Å². The summed E-state index contributed by atoms with van der Waals surface area (Å²) in [5, 5.41) is 0. The van der Waals surface area contributed by atoms with Crippen molar-refractivity contribution in [2.75, 3.05) is 26.3 Å². The molecule has 0 aliphatic carbocycles. The van der Waals surface area contributed by atoms with Crippen molar-refractivity contribution in [3.05, 3.63) is 29.8 Å². The van der Waals surface area contributed by atoms with Crippen molar-refractivity contribution < 1.29 is 9.13 Å². The molecule has 1 atom stereocenters. The summed E-state index contributed by atoms with van der Waals surface area (Å²) in [6.07, 6.45) is 1.91. The molecule has 0 bridgehead atoms. The second-order valence-electron chi connectivity index (χ2n) is 6.65. The van der Waals surface area contributed by atoms with Crippen LogP contribution in [0.5, 0.6) is 5.75 Å². The lowest BCUT2D eigenvalue weighted by atomic mass is 9.87. The fourth-order valence-electron chi connectivity index (χ4n) is 2.61. The zero-order valence-electron chi connectivity index (χ0n) is 12.9. The molecular formula is C17H26FNO. The van der Waals surface area contributed by atoms with Crippen LogP contribution in [0.25, 0.3) is 0 Å². The molecule has 0 aromatic heterocycles. The molecule has 3 heteroatoms. The molecule has 0 radical (unpaired) electrons. The molecule has 1 aromatic rings. The minimum atomic E-state index is -0.226. The van der Waals surface area contributed by atoms with Gasteiger partial charge < -0.3 is 4.74 Å². The number of rotatable bonds is 5. The first-order chi connectivity index (χ1) is 9.49. The second-order valence-corrected chi connectivity index (χ2v) is 6.65. The maximum Gasteiger partial charge on any atom is 0.119 e. The van der Waals surface area contributed by atoms with Crippen LogP contribution in [0.15, 0.2) is 24.3 Å². The van der Waals surface area contributed by atoms with E-state index in [0.29, 0.717) is 6.42 Å². The van der Waals surface area contributed by atoms with E-state index in [1.165, 1.54) is 5.56 Å². The summed E-state index contributed by atoms with van der Waals surface area (Å²) < 4.78 is 18.2. The molecule has 1 aromatic carbocycles. The average molecular weight is 279 g/mol. The average Bonchev–Trinajstić information content (AvgIpc) is 2.83. The highest BCUT2D eigenvalue weighted by molar-refractivity contribution is 5.31. The molecule has 1 heterocycles. The van der Waals surface area contributed by atoms with Crippen molar-refractivity contribution in [1.82, 2.24) is 4.90 Å². The highest BCUT2D eigenvalue weighted by atomic mass is 19.1. The lowest BCUT2D eigenvalue weighted by Gasteiger charge is -2.20. The van der Waals surface area contributed by atoms with Crippen LogP contribution in [0.1, 0.15) is 39.2 Å². The van der Waals surface area contributed by atoms with Gasteiger partial charge in [0, 0.05) is 19.6 Å². The predicted molar refractivity (Wildman–Crippen MR) is 81.2 cm³/mol. The quantitative estimate of drug-likeness (QED) is 0.813. The molecule has 20 heavy (non-hydrogen) atoms. The third-order valence-corrected chi connectivity index (χ3v) is 3.86. The Morgan fingerprint density at radius 2 is 1.95 bits per heavy atom. The lowest BCUT2D eigenvalue weighted by Crippen LogP contribution is -2.26. The van der Waals surface area contributed by atoms with E-state index in [1.807, 2.05) is 0 Å². The van der Waals surface area contributed by atoms with Gasteiger partial charge >= 0.3 is 0 Å². The van der Waals surface area contributed by atoms with Crippen molar-refractivity contribution in [2.24, 2.45) is 0 Å². The molecule has 2 nitrogen and oxygen atoms in total. The van der Waals surface area contributed by atoms with Crippen LogP contribution in [-0.2, 0) is 5.41 Å². The molecule has 1 saturated heterocycles. The van der Waals surface area contributed by atoms with E-state index in [4.69, 9.17) is 4.74 Å². The van der Waals surface area contributed by atoms with Crippen molar-refractivity contribution in [2.45, 2.75) is 45.1 Å². The van der Waals surface area contributed by atoms with Crippen LogP contribution in [0, 0.1) is 0 Å². The predicted octanol–water partition coefficient (Wildman–Crippen LogP) is 3.80. The molecule has 1 fully saturated rings. The SMILES string of the molecule is CC(C)(C)c1ccc(O[C@H]2CCN(CCCF)C2)cc1. The standard InChI is InChI=1S/C17H26FNO/c1-17(2,3)14-5-7-15(8-6-14)20-16-9-12-19(13-16)11-4-10-18/h5-8,16H,4,9-13H2,1-3H3/t16-/m0/s1. The van der Waals surface area contributed by atoms with Gasteiger partial charge in [0.25, 0.3) is 0 Å². The van der Waals surface area contributed by atoms with Gasteiger partial charge in [-0.05, 0) is 36.0 Å². The van der Waals surface area contributed by atoms with E-state index in [2.05, 4.69) is 49.9 Å². The van der Waals surface area contributed by atoms with E-state index in [1.54, 1.807) is 0 Å². The lowest BCUT2D eigenvalue weighted by molar-refractivity contribution is 0.198. The zero-order valence-corrected chi connectivity index (χ0v) is 12.9. The molecule has 0 amide bonds. The Morgan fingerprint density at radius 3 is 2.55 bits per heavy atom. The van der Waals surface area contributed by atoms with Crippen LogP contribution in [0.2, 0.25) is 0 Å². The summed E-state index contributed by atoms with van der Waals surface area (Å²) in [6, 6.07) is 8.41. The smallest absolute Gasteiger partial charge is 0.119 e. The van der Waals surface area contributed by atoms with Gasteiger partial charge in [-0.15, -0.1) is 0 Å². The first-order valence-electron chi connectivity index (χ1n) is 7.54. The van der Waals surface area contributed by atoms with Gasteiger partial charge in [-0.25, -0.2) is 0 Å². The van der Waals surface area contributed by atoms with Gasteiger partial charge in [-0.1, -0.05) is 32.9 Å². The first-order valence-corrected chi connectivity index (χ1v) is 7.54. The minimum Gasteiger partial charge on any atom is -0.489 e. The molecule has 112 valence electrons. The molecule has 1 aliphatic heterocycles. The number of alkyl halides is 1. The van der Waals surface area contributed by atoms with E-state index in [-0.39, 0.29) is 18.2 Å². The fraction of sp³-hybridized carbons (Fsp3) is 0.647. The fourth-order valence-corrected chi connectivity index (χ4v) is 2.61. The van der Waals surface area contributed by atoms with Gasteiger partial charge in [0.05, 0.1) is 6.67 Å². The van der Waals surface area contributed by atoms with E-state index >= 15 is 0 Å². The molecule has 1 aliphatic rings. The van der Waals surface area contributed by atoms with E-state index < -0.39 is 0 Å². The summed E-state index contributed by atoms with van der Waals surface area (Å²) in [5.41, 5.74) is 1.50. The second kappa shape index (κ2) is 6.57. The maximum absolute atomic E-state index is 12.2. The number of halogens is 1. The maximum atomic E-state index is 12.2. The van der Waals surface area contributed by atoms with Gasteiger partial charge in [0.2, 0.25) is 0 Å². The Bertz CT molecular complexity index is 410. The van der Waals surface area contributed by atoms with Crippen molar-refractivity contribution in [3.8, 4) is 5.75 Å². The summed E-state index contributed by atoms with van der Waals surface area (Å²) in [4.78, 5) is 2.29. The summed E-state index contributed by atoms with van der Waals surface area (Å²) in [7, 11) is 0. The van der Waals surface area contributed by atoms with E-state index in [9.17, 15) is 4.39 Å². The minimum absolute atomic E-state index is 0.176. The Kier molecular flexibility index (Phi) is 5.03. The zero-order chi connectivity index (χ0) is 14.6. The Hall–Kier alpha value is -1.09. The third-order valence-electron chi connectivity index (χ3n) is 3.86. The summed E-state index contributed by atoms with van der Waals surface area (Å²) >= 11 is 0. The third kappa shape index (κ3) is 4.20. The topological polar surface area (TPSA) is 12.5 Å². The molecule has 0 unspecified atom stereocenters. The number of hydrogen-bond acceptors (Lipinski definition) is 2.